The molecule has 0 spiro atoms. The van der Waals surface area contributed by atoms with Crippen LogP contribution in [0.5, 0.6) is 0 Å². The van der Waals surface area contributed by atoms with Crippen LogP contribution in [0.15, 0.2) is 12.7 Å². The lowest BCUT2D eigenvalue weighted by molar-refractivity contribution is -0.137. The number of hydrogen-bond acceptors (Lipinski definition) is 4. The number of hydroxylamine groups is 1. The molecule has 0 aliphatic carbocycles. The molecule has 4 heteroatoms. The van der Waals surface area contributed by atoms with Crippen LogP contribution in [0, 0.1) is 0 Å². The number of hydrogen-bond donors (Lipinski definition) is 1. The Morgan fingerprint density at radius 2 is 1.88 bits per heavy atom. The minimum absolute atomic E-state index is 0.140. The van der Waals surface area contributed by atoms with E-state index in [4.69, 9.17) is 9.57 Å². The number of nitrogens with one attached hydrogen (secondary N) is 1. The monoisotopic (exact) mass is 243 g/mol. The second kappa shape index (κ2) is 9.19. The van der Waals surface area contributed by atoms with Crippen molar-refractivity contribution in [3.63, 3.8) is 0 Å². The molecule has 0 saturated carbocycles. The Labute approximate surface area is 104 Å². The smallest absolute Gasteiger partial charge is 0.330 e. The predicted molar refractivity (Wildman–Crippen MR) is 68.5 cm³/mol. The maximum Gasteiger partial charge on any atom is 0.330 e. The van der Waals surface area contributed by atoms with Crippen LogP contribution in [-0.2, 0) is 14.4 Å². The fourth-order valence-corrected chi connectivity index (χ4v) is 1.15. The normalized spacial score (nSPS) is 11.2. The zero-order valence-electron chi connectivity index (χ0n) is 11.3. The lowest BCUT2D eigenvalue weighted by Crippen LogP contribution is -2.29. The summed E-state index contributed by atoms with van der Waals surface area (Å²) in [7, 11) is 0. The molecule has 100 valence electrons. The van der Waals surface area contributed by atoms with Crippen LogP contribution in [-0.4, -0.2) is 24.7 Å². The van der Waals surface area contributed by atoms with Crippen LogP contribution in [0.25, 0.3) is 0 Å². The summed E-state index contributed by atoms with van der Waals surface area (Å²) in [5.41, 5.74) is 2.80. The van der Waals surface area contributed by atoms with Crippen LogP contribution in [0.4, 0.5) is 0 Å². The van der Waals surface area contributed by atoms with Crippen molar-refractivity contribution >= 4 is 5.97 Å². The molecule has 0 radical (unpaired) electrons. The average molecular weight is 243 g/mol. The third kappa shape index (κ3) is 13.1. The quantitative estimate of drug-likeness (QED) is 0.293. The van der Waals surface area contributed by atoms with Gasteiger partial charge in [0.1, 0.15) is 0 Å². The van der Waals surface area contributed by atoms with E-state index in [1.165, 1.54) is 6.08 Å². The molecule has 0 aliphatic heterocycles. The number of rotatable bonds is 9. The number of ether oxygens (including phenoxy) is 1. The molecule has 0 aliphatic rings. The van der Waals surface area contributed by atoms with Gasteiger partial charge in [-0.15, -0.1) is 0 Å². The highest BCUT2D eigenvalue weighted by Gasteiger charge is 2.09. The molecule has 0 fully saturated rings. The van der Waals surface area contributed by atoms with Gasteiger partial charge in [-0.25, -0.2) is 10.3 Å². The van der Waals surface area contributed by atoms with Crippen LogP contribution in [0.3, 0.4) is 0 Å². The largest absolute Gasteiger partial charge is 0.463 e. The summed E-state index contributed by atoms with van der Waals surface area (Å²) in [5, 5.41) is 0. The molecule has 0 aromatic carbocycles. The summed E-state index contributed by atoms with van der Waals surface area (Å²) < 4.78 is 4.87. The van der Waals surface area contributed by atoms with Crippen molar-refractivity contribution in [3.8, 4) is 0 Å². The van der Waals surface area contributed by atoms with Gasteiger partial charge in [-0.1, -0.05) is 19.4 Å². The van der Waals surface area contributed by atoms with Crippen LogP contribution >= 0.6 is 0 Å². The molecule has 0 bridgehead atoms. The van der Waals surface area contributed by atoms with Gasteiger partial charge in [-0.2, -0.15) is 0 Å². The van der Waals surface area contributed by atoms with E-state index in [0.717, 1.165) is 32.2 Å². The van der Waals surface area contributed by atoms with E-state index in [2.05, 4.69) is 12.1 Å². The number of esters is 1. The molecule has 0 saturated heterocycles. The molecule has 0 rings (SSSR count). The Balaban J connectivity index is 3.14. The topological polar surface area (TPSA) is 47.6 Å². The van der Waals surface area contributed by atoms with Crippen molar-refractivity contribution in [3.05, 3.63) is 12.7 Å². The highest BCUT2D eigenvalue weighted by molar-refractivity contribution is 5.81. The Kier molecular flexibility index (Phi) is 8.72. The number of carbonyl (C=O) groups excluding carboxylic acids is 1. The zero-order chi connectivity index (χ0) is 13.1. The summed E-state index contributed by atoms with van der Waals surface area (Å²) in [6.07, 6.45) is 5.31. The standard InChI is InChI=1S/C13H25NO3/c1-5-12(15)16-11-9-7-6-8-10-14-17-13(2,3)4/h5,14H,1,6-11H2,2-4H3. The van der Waals surface area contributed by atoms with E-state index in [1.807, 2.05) is 20.8 Å². The van der Waals surface area contributed by atoms with E-state index in [1.54, 1.807) is 0 Å². The first-order valence-corrected chi connectivity index (χ1v) is 6.16. The van der Waals surface area contributed by atoms with Gasteiger partial charge in [0.2, 0.25) is 0 Å². The highest BCUT2D eigenvalue weighted by atomic mass is 16.7. The Morgan fingerprint density at radius 1 is 1.24 bits per heavy atom. The van der Waals surface area contributed by atoms with Crippen molar-refractivity contribution in [2.45, 2.75) is 52.1 Å². The summed E-state index contributed by atoms with van der Waals surface area (Å²) in [4.78, 5) is 16.1. The van der Waals surface area contributed by atoms with E-state index in [9.17, 15) is 4.79 Å². The molecule has 0 amide bonds. The summed E-state index contributed by atoms with van der Waals surface area (Å²) in [5.74, 6) is -0.342. The SMILES string of the molecule is C=CC(=O)OCCCCCCNOC(C)(C)C. The molecular formula is C13H25NO3. The Bertz CT molecular complexity index is 221. The molecule has 4 nitrogen and oxygen atoms in total. The van der Waals surface area contributed by atoms with Crippen LogP contribution < -0.4 is 5.48 Å². The number of carbonyl (C=O) groups is 1. The van der Waals surface area contributed by atoms with Crippen LogP contribution in [0.2, 0.25) is 0 Å². The molecule has 0 aromatic rings. The van der Waals surface area contributed by atoms with Gasteiger partial charge >= 0.3 is 5.97 Å². The molecule has 1 N–H and O–H groups in total. The van der Waals surface area contributed by atoms with Crippen molar-refractivity contribution in [1.29, 1.82) is 0 Å². The van der Waals surface area contributed by atoms with E-state index >= 15 is 0 Å². The second-order valence-corrected chi connectivity index (χ2v) is 4.89. The molecule has 0 atom stereocenters. The fourth-order valence-electron chi connectivity index (χ4n) is 1.15. The average Bonchev–Trinajstić information content (AvgIpc) is 2.25. The molecular weight excluding hydrogens is 218 g/mol. The van der Waals surface area contributed by atoms with Crippen LogP contribution in [0.1, 0.15) is 46.5 Å². The minimum Gasteiger partial charge on any atom is -0.463 e. The van der Waals surface area contributed by atoms with E-state index in [-0.39, 0.29) is 11.6 Å². The first-order chi connectivity index (χ1) is 7.95. The van der Waals surface area contributed by atoms with Crippen molar-refractivity contribution in [2.75, 3.05) is 13.2 Å². The number of unbranched alkanes of at least 4 members (excludes halogenated alkanes) is 3. The van der Waals surface area contributed by atoms with Gasteiger partial charge in [-0.3, -0.25) is 4.84 Å². The predicted octanol–water partition coefficient (Wildman–Crippen LogP) is 2.60. The van der Waals surface area contributed by atoms with Gasteiger partial charge in [0.25, 0.3) is 0 Å². The first-order valence-electron chi connectivity index (χ1n) is 6.16. The fraction of sp³-hybridized carbons (Fsp3) is 0.769. The maximum atomic E-state index is 10.7. The molecule has 0 unspecified atom stereocenters. The maximum absolute atomic E-state index is 10.7. The first kappa shape index (κ1) is 16.1. The molecule has 0 heterocycles. The van der Waals surface area contributed by atoms with Gasteiger partial charge in [-0.05, 0) is 33.6 Å². The Morgan fingerprint density at radius 3 is 2.47 bits per heavy atom. The van der Waals surface area contributed by atoms with Gasteiger partial charge in [0.05, 0.1) is 12.2 Å². The van der Waals surface area contributed by atoms with Gasteiger partial charge < -0.3 is 4.74 Å². The van der Waals surface area contributed by atoms with E-state index < -0.39 is 0 Å². The second-order valence-electron chi connectivity index (χ2n) is 4.89. The minimum atomic E-state index is -0.342. The van der Waals surface area contributed by atoms with Crippen molar-refractivity contribution in [2.24, 2.45) is 0 Å². The van der Waals surface area contributed by atoms with E-state index in [0.29, 0.717) is 6.61 Å². The lowest BCUT2D eigenvalue weighted by atomic mass is 10.2. The molecule has 17 heavy (non-hydrogen) atoms. The summed E-state index contributed by atoms with van der Waals surface area (Å²) >= 11 is 0. The van der Waals surface area contributed by atoms with Gasteiger partial charge in [0, 0.05) is 12.6 Å². The highest BCUT2D eigenvalue weighted by Crippen LogP contribution is 2.04. The van der Waals surface area contributed by atoms with Gasteiger partial charge in [0.15, 0.2) is 0 Å². The third-order valence-electron chi connectivity index (χ3n) is 1.96. The van der Waals surface area contributed by atoms with Crippen molar-refractivity contribution in [1.82, 2.24) is 5.48 Å². The lowest BCUT2D eigenvalue weighted by Gasteiger charge is -2.19. The summed E-state index contributed by atoms with van der Waals surface area (Å²) in [6.45, 7) is 10.7. The summed E-state index contributed by atoms with van der Waals surface area (Å²) in [6, 6.07) is 0. The van der Waals surface area contributed by atoms with Crippen molar-refractivity contribution < 1.29 is 14.4 Å². The Hall–Kier alpha value is -0.870. The zero-order valence-corrected chi connectivity index (χ0v) is 11.3. The molecule has 0 aromatic heterocycles. The third-order valence-corrected chi connectivity index (χ3v) is 1.96.